The Morgan fingerprint density at radius 3 is 1.73 bits per heavy atom. The third-order valence-electron chi connectivity index (χ3n) is 1.53. The van der Waals surface area contributed by atoms with E-state index >= 15 is 0 Å². The van der Waals surface area contributed by atoms with Crippen LogP contribution in [0, 0.1) is 0 Å². The van der Waals surface area contributed by atoms with Gasteiger partial charge in [0.2, 0.25) is 0 Å². The molecule has 0 spiro atoms. The Hall–Kier alpha value is -0.980. The Kier molecular flexibility index (Phi) is 2.96. The van der Waals surface area contributed by atoms with Crippen molar-refractivity contribution in [3.63, 3.8) is 0 Å². The molecule has 0 saturated carbocycles. The molecule has 1 aliphatic rings. The van der Waals surface area contributed by atoms with Crippen molar-refractivity contribution in [1.82, 2.24) is 0 Å². The molecule has 1 heterocycles. The molecule has 0 unspecified atom stereocenters. The zero-order valence-corrected chi connectivity index (χ0v) is 7.13. The van der Waals surface area contributed by atoms with Crippen LogP contribution in [0.3, 0.4) is 0 Å². The lowest BCUT2D eigenvalue weighted by atomic mass is 10.4. The van der Waals surface area contributed by atoms with Crippen LogP contribution >= 0.6 is 0 Å². The van der Waals surface area contributed by atoms with E-state index in [0.717, 1.165) is 11.5 Å². The van der Waals surface area contributed by atoms with E-state index in [1.807, 2.05) is 24.3 Å². The molecule has 0 bridgehead atoms. The predicted molar refractivity (Wildman–Crippen MR) is 47.1 cm³/mol. The summed E-state index contributed by atoms with van der Waals surface area (Å²) in [5, 5.41) is 0. The van der Waals surface area contributed by atoms with Gasteiger partial charge in [0.15, 0.2) is 11.5 Å². The maximum absolute atomic E-state index is 4.94. The Bertz CT molecular complexity index is 195. The molecule has 1 aromatic rings. The quantitative estimate of drug-likeness (QED) is 0.566. The summed E-state index contributed by atoms with van der Waals surface area (Å²) in [6.07, 6.45) is 2.64. The van der Waals surface area contributed by atoms with E-state index in [2.05, 4.69) is 13.8 Å². The van der Waals surface area contributed by atoms with Crippen LogP contribution in [0.15, 0.2) is 24.3 Å². The Morgan fingerprint density at radius 2 is 1.45 bits per heavy atom. The van der Waals surface area contributed by atoms with E-state index < -0.39 is 0 Å². The van der Waals surface area contributed by atoms with Crippen molar-refractivity contribution in [3.05, 3.63) is 24.3 Å². The van der Waals surface area contributed by atoms with Crippen LogP contribution in [0.2, 0.25) is 0 Å². The molecule has 0 amide bonds. The maximum Gasteiger partial charge on any atom is 0.170 e. The minimum atomic E-state index is 1.03. The molecule has 1 heteroatoms. The molecular formula is C10H14O. The van der Waals surface area contributed by atoms with Gasteiger partial charge in [-0.15, -0.1) is 0 Å². The molecule has 2 rings (SSSR count). The molecule has 1 aromatic carbocycles. The first-order valence-electron chi connectivity index (χ1n) is 4.15. The summed E-state index contributed by atoms with van der Waals surface area (Å²) in [5.74, 6) is 2.06. The normalized spacial score (nSPS) is 10.4. The highest BCUT2D eigenvalue weighted by atomic mass is 16.6. The van der Waals surface area contributed by atoms with Crippen molar-refractivity contribution >= 4 is 0 Å². The van der Waals surface area contributed by atoms with E-state index in [4.69, 9.17) is 4.74 Å². The summed E-state index contributed by atoms with van der Waals surface area (Å²) >= 11 is 0. The summed E-state index contributed by atoms with van der Waals surface area (Å²) in [6, 6.07) is 7.84. The van der Waals surface area contributed by atoms with Crippen LogP contribution < -0.4 is 4.74 Å². The maximum atomic E-state index is 4.94. The number of ether oxygens (including phenoxy) is 1. The van der Waals surface area contributed by atoms with Gasteiger partial charge in [-0.05, 0) is 12.1 Å². The van der Waals surface area contributed by atoms with Gasteiger partial charge in [-0.1, -0.05) is 38.8 Å². The lowest BCUT2D eigenvalue weighted by molar-refractivity contribution is 0.650. The Morgan fingerprint density at radius 1 is 1.00 bits per heavy atom. The Balaban J connectivity index is 0.000000134. The summed E-state index contributed by atoms with van der Waals surface area (Å²) < 4.78 is 4.94. The van der Waals surface area contributed by atoms with Crippen molar-refractivity contribution in [2.75, 3.05) is 0 Å². The minimum Gasteiger partial charge on any atom is -0.450 e. The smallest absolute Gasteiger partial charge is 0.170 e. The highest BCUT2D eigenvalue weighted by molar-refractivity contribution is 5.53. The molecule has 0 atom stereocenters. The van der Waals surface area contributed by atoms with Crippen LogP contribution in [0.25, 0.3) is 0 Å². The molecule has 1 nitrogen and oxygen atoms in total. The van der Waals surface area contributed by atoms with Gasteiger partial charge in [0.25, 0.3) is 0 Å². The van der Waals surface area contributed by atoms with Crippen LogP contribution in [-0.2, 0) is 0 Å². The second kappa shape index (κ2) is 4.02. The first kappa shape index (κ1) is 8.12. The number of fused-ring (bicyclic) bond motifs is 1. The van der Waals surface area contributed by atoms with Crippen molar-refractivity contribution in [1.29, 1.82) is 0 Å². The monoisotopic (exact) mass is 150 g/mol. The average molecular weight is 150 g/mol. The largest absolute Gasteiger partial charge is 0.450 e. The van der Waals surface area contributed by atoms with Gasteiger partial charge in [-0.2, -0.15) is 0 Å². The van der Waals surface area contributed by atoms with E-state index in [1.165, 1.54) is 12.8 Å². The van der Waals surface area contributed by atoms with Crippen molar-refractivity contribution in [3.8, 4) is 11.5 Å². The second-order valence-corrected chi connectivity index (χ2v) is 2.55. The van der Waals surface area contributed by atoms with Crippen LogP contribution in [-0.4, -0.2) is 0 Å². The highest BCUT2D eigenvalue weighted by Gasteiger charge is 2.15. The summed E-state index contributed by atoms with van der Waals surface area (Å²) in [7, 11) is 0. The lowest BCUT2D eigenvalue weighted by Gasteiger charge is -1.68. The lowest BCUT2D eigenvalue weighted by Crippen LogP contribution is -1.47. The van der Waals surface area contributed by atoms with Gasteiger partial charge in [-0.25, -0.2) is 0 Å². The fraction of sp³-hybridized carbons (Fsp3) is 0.400. The highest BCUT2D eigenvalue weighted by Crippen LogP contribution is 2.43. The number of benzene rings is 1. The predicted octanol–water partition coefficient (Wildman–Crippen LogP) is 3.60. The Labute approximate surface area is 68.0 Å². The first-order valence-corrected chi connectivity index (χ1v) is 4.15. The molecule has 0 saturated heterocycles. The summed E-state index contributed by atoms with van der Waals surface area (Å²) in [5.41, 5.74) is 0. The zero-order valence-electron chi connectivity index (χ0n) is 7.13. The standard InChI is InChI=1S/C6H4O.C4H10/c1-2-4-6-5(3-1)7-6;1-3-4-2/h1-4H;3-4H2,1-2H3. The fourth-order valence-corrected chi connectivity index (χ4v) is 0.611. The zero-order chi connectivity index (χ0) is 8.10. The number of hydrogen-bond donors (Lipinski definition) is 0. The third-order valence-corrected chi connectivity index (χ3v) is 1.53. The minimum absolute atomic E-state index is 1.03. The summed E-state index contributed by atoms with van der Waals surface area (Å²) in [6.45, 7) is 4.36. The molecule has 0 aliphatic carbocycles. The molecule has 0 radical (unpaired) electrons. The number of para-hydroxylation sites is 2. The van der Waals surface area contributed by atoms with Gasteiger partial charge in [0.1, 0.15) is 0 Å². The van der Waals surface area contributed by atoms with Crippen molar-refractivity contribution in [2.24, 2.45) is 0 Å². The third kappa shape index (κ3) is 2.62. The van der Waals surface area contributed by atoms with Gasteiger partial charge in [0, 0.05) is 0 Å². The van der Waals surface area contributed by atoms with E-state index in [0.29, 0.717) is 0 Å². The second-order valence-electron chi connectivity index (χ2n) is 2.55. The fourth-order valence-electron chi connectivity index (χ4n) is 0.611. The van der Waals surface area contributed by atoms with Crippen molar-refractivity contribution in [2.45, 2.75) is 26.7 Å². The first-order chi connectivity index (χ1) is 5.38. The van der Waals surface area contributed by atoms with Crippen molar-refractivity contribution < 1.29 is 4.74 Å². The SMILES string of the molecule is CCCC.c1ccc2c(c1)O2. The molecule has 0 N–H and O–H groups in total. The molecule has 0 aromatic heterocycles. The topological polar surface area (TPSA) is 12.5 Å². The van der Waals surface area contributed by atoms with Gasteiger partial charge < -0.3 is 4.74 Å². The molecule has 11 heavy (non-hydrogen) atoms. The van der Waals surface area contributed by atoms with Crippen LogP contribution in [0.4, 0.5) is 0 Å². The average Bonchev–Trinajstić information content (AvgIpc) is 2.83. The van der Waals surface area contributed by atoms with E-state index in [-0.39, 0.29) is 0 Å². The van der Waals surface area contributed by atoms with E-state index in [1.54, 1.807) is 0 Å². The van der Waals surface area contributed by atoms with Gasteiger partial charge in [0.05, 0.1) is 0 Å². The molecule has 1 aliphatic heterocycles. The van der Waals surface area contributed by atoms with Gasteiger partial charge >= 0.3 is 0 Å². The van der Waals surface area contributed by atoms with Crippen LogP contribution in [0.5, 0.6) is 11.5 Å². The van der Waals surface area contributed by atoms with E-state index in [9.17, 15) is 0 Å². The number of unbranched alkanes of at least 4 members (excludes halogenated alkanes) is 1. The summed E-state index contributed by atoms with van der Waals surface area (Å²) in [4.78, 5) is 0. The van der Waals surface area contributed by atoms with Gasteiger partial charge in [-0.3, -0.25) is 0 Å². The molecule has 0 fully saturated rings. The number of hydrogen-bond acceptors (Lipinski definition) is 1. The van der Waals surface area contributed by atoms with Crippen LogP contribution in [0.1, 0.15) is 26.7 Å². The molecular weight excluding hydrogens is 136 g/mol. The number of rotatable bonds is 1. The molecule has 60 valence electrons.